The standard InChI is InChI=1S/C6H11N.C4H4O4.ClH/c1-3-5-7-6-4-2;5-3(6)1-2-4(7)8;/h3-4,7H,1-2,5-6H2;1-2H,(H,5,6)(H,7,8);1H/b;2-1-;. The van der Waals surface area contributed by atoms with Crippen molar-refractivity contribution < 1.29 is 19.8 Å². The van der Waals surface area contributed by atoms with Crippen LogP contribution in [0.25, 0.3) is 0 Å². The molecule has 0 fully saturated rings. The average Bonchev–Trinajstić information content (AvgIpc) is 2.17. The second-order valence-electron chi connectivity index (χ2n) is 2.25. The van der Waals surface area contributed by atoms with Crippen LogP contribution < -0.4 is 5.32 Å². The highest BCUT2D eigenvalue weighted by molar-refractivity contribution is 5.89. The Morgan fingerprint density at radius 2 is 1.31 bits per heavy atom. The van der Waals surface area contributed by atoms with Gasteiger partial charge in [0.15, 0.2) is 0 Å². The van der Waals surface area contributed by atoms with Crippen molar-refractivity contribution in [3.63, 3.8) is 0 Å². The Kier molecular flexibility index (Phi) is 19.7. The molecule has 92 valence electrons. The summed E-state index contributed by atoms with van der Waals surface area (Å²) in [6.45, 7) is 8.81. The van der Waals surface area contributed by atoms with Crippen molar-refractivity contribution in [2.45, 2.75) is 0 Å². The Hall–Kier alpha value is -1.59. The van der Waals surface area contributed by atoms with Crippen molar-refractivity contribution in [2.75, 3.05) is 13.1 Å². The third-order valence-electron chi connectivity index (χ3n) is 0.946. The number of nitrogens with one attached hydrogen (secondary N) is 1. The van der Waals surface area contributed by atoms with Crippen molar-refractivity contribution in [1.82, 2.24) is 5.32 Å². The van der Waals surface area contributed by atoms with Gasteiger partial charge in [-0.3, -0.25) is 0 Å². The highest BCUT2D eigenvalue weighted by Gasteiger charge is 1.88. The summed E-state index contributed by atoms with van der Waals surface area (Å²) in [7, 11) is 0. The van der Waals surface area contributed by atoms with Gasteiger partial charge in [-0.1, -0.05) is 12.2 Å². The maximum atomic E-state index is 9.55. The minimum absolute atomic E-state index is 0. The third kappa shape index (κ3) is 29.4. The monoisotopic (exact) mass is 249 g/mol. The van der Waals surface area contributed by atoms with Crippen LogP contribution in [0.5, 0.6) is 0 Å². The fourth-order valence-electron chi connectivity index (χ4n) is 0.430. The van der Waals surface area contributed by atoms with Gasteiger partial charge in [0.1, 0.15) is 0 Å². The Bertz CT molecular complexity index is 227. The quantitative estimate of drug-likeness (QED) is 0.373. The summed E-state index contributed by atoms with van der Waals surface area (Å²) in [4.78, 5) is 19.1. The molecule has 0 amide bonds. The number of carbonyl (C=O) groups is 2. The molecule has 6 heteroatoms. The third-order valence-corrected chi connectivity index (χ3v) is 0.946. The summed E-state index contributed by atoms with van der Waals surface area (Å²) in [5, 5.41) is 18.7. The number of carboxylic acid groups (broad SMARTS) is 2. The molecule has 0 bridgehead atoms. The summed E-state index contributed by atoms with van der Waals surface area (Å²) in [6.07, 6.45) is 4.76. The molecule has 16 heavy (non-hydrogen) atoms. The first-order valence-electron chi connectivity index (χ1n) is 4.11. The zero-order valence-corrected chi connectivity index (χ0v) is 9.57. The van der Waals surface area contributed by atoms with Crippen LogP contribution in [0, 0.1) is 0 Å². The predicted molar refractivity (Wildman–Crippen MR) is 64.9 cm³/mol. The van der Waals surface area contributed by atoms with Crippen molar-refractivity contribution in [3.8, 4) is 0 Å². The van der Waals surface area contributed by atoms with Gasteiger partial charge in [-0.15, -0.1) is 25.6 Å². The lowest BCUT2D eigenvalue weighted by atomic mass is 10.5. The second kappa shape index (κ2) is 15.9. The lowest BCUT2D eigenvalue weighted by molar-refractivity contribution is -0.134. The first kappa shape index (κ1) is 19.9. The molecule has 0 saturated heterocycles. The lowest BCUT2D eigenvalue weighted by Gasteiger charge is -1.90. The molecule has 0 unspecified atom stereocenters. The van der Waals surface area contributed by atoms with Gasteiger partial charge in [0, 0.05) is 25.2 Å². The molecule has 3 N–H and O–H groups in total. The molecule has 0 rings (SSSR count). The predicted octanol–water partition coefficient (Wildman–Crippen LogP) is 1.08. The molecule has 0 aromatic rings. The topological polar surface area (TPSA) is 86.6 Å². The normalized spacial score (nSPS) is 8.25. The SMILES string of the molecule is C=CCNCC=C.Cl.O=C(O)/C=C\C(=O)O. The molecule has 0 saturated carbocycles. The number of aliphatic carboxylic acids is 2. The minimum atomic E-state index is -1.26. The van der Waals surface area contributed by atoms with E-state index in [-0.39, 0.29) is 12.4 Å². The van der Waals surface area contributed by atoms with Crippen LogP contribution in [0.4, 0.5) is 0 Å². The van der Waals surface area contributed by atoms with E-state index in [1.807, 2.05) is 12.2 Å². The molecule has 0 radical (unpaired) electrons. The number of hydrogen-bond donors (Lipinski definition) is 3. The van der Waals surface area contributed by atoms with Gasteiger partial charge in [0.2, 0.25) is 0 Å². The molecule has 0 heterocycles. The van der Waals surface area contributed by atoms with E-state index in [0.29, 0.717) is 12.2 Å². The van der Waals surface area contributed by atoms with Crippen LogP contribution in [0.1, 0.15) is 0 Å². The van der Waals surface area contributed by atoms with Gasteiger partial charge in [-0.05, 0) is 0 Å². The van der Waals surface area contributed by atoms with E-state index in [0.717, 1.165) is 13.1 Å². The Morgan fingerprint density at radius 3 is 1.50 bits per heavy atom. The number of rotatable bonds is 6. The van der Waals surface area contributed by atoms with Gasteiger partial charge in [-0.2, -0.15) is 0 Å². The van der Waals surface area contributed by atoms with Crippen molar-refractivity contribution in [3.05, 3.63) is 37.5 Å². The first-order valence-corrected chi connectivity index (χ1v) is 4.11. The smallest absolute Gasteiger partial charge is 0.328 e. The van der Waals surface area contributed by atoms with E-state index < -0.39 is 11.9 Å². The summed E-state index contributed by atoms with van der Waals surface area (Å²) >= 11 is 0. The summed E-state index contributed by atoms with van der Waals surface area (Å²) in [5.74, 6) is -2.51. The zero-order chi connectivity index (χ0) is 12.1. The highest BCUT2D eigenvalue weighted by Crippen LogP contribution is 1.70. The Balaban J connectivity index is -0.000000200. The Morgan fingerprint density at radius 1 is 1.00 bits per heavy atom. The van der Waals surface area contributed by atoms with Crippen LogP contribution in [-0.4, -0.2) is 35.2 Å². The van der Waals surface area contributed by atoms with Crippen LogP contribution >= 0.6 is 12.4 Å². The molecule has 0 spiro atoms. The molecule has 0 aliphatic heterocycles. The Labute approximate surface area is 101 Å². The fraction of sp³-hybridized carbons (Fsp3) is 0.200. The van der Waals surface area contributed by atoms with Gasteiger partial charge in [0.05, 0.1) is 0 Å². The fourth-order valence-corrected chi connectivity index (χ4v) is 0.430. The largest absolute Gasteiger partial charge is 0.478 e. The van der Waals surface area contributed by atoms with Gasteiger partial charge in [-0.25, -0.2) is 9.59 Å². The van der Waals surface area contributed by atoms with Gasteiger partial charge < -0.3 is 15.5 Å². The maximum absolute atomic E-state index is 9.55. The van der Waals surface area contributed by atoms with E-state index in [4.69, 9.17) is 10.2 Å². The van der Waals surface area contributed by atoms with Crippen LogP contribution in [0.3, 0.4) is 0 Å². The number of carboxylic acids is 2. The summed E-state index contributed by atoms with van der Waals surface area (Å²) in [6, 6.07) is 0. The molecule has 5 nitrogen and oxygen atoms in total. The van der Waals surface area contributed by atoms with E-state index in [1.165, 1.54) is 0 Å². The van der Waals surface area contributed by atoms with Crippen LogP contribution in [0.15, 0.2) is 37.5 Å². The highest BCUT2D eigenvalue weighted by atomic mass is 35.5. The van der Waals surface area contributed by atoms with Crippen molar-refractivity contribution >= 4 is 24.3 Å². The van der Waals surface area contributed by atoms with Gasteiger partial charge >= 0.3 is 11.9 Å². The lowest BCUT2D eigenvalue weighted by Crippen LogP contribution is -2.11. The van der Waals surface area contributed by atoms with Crippen LogP contribution in [0.2, 0.25) is 0 Å². The van der Waals surface area contributed by atoms with E-state index in [9.17, 15) is 9.59 Å². The molecule has 0 aromatic carbocycles. The minimum Gasteiger partial charge on any atom is -0.478 e. The van der Waals surface area contributed by atoms with Gasteiger partial charge in [0.25, 0.3) is 0 Å². The first-order chi connectivity index (χ1) is 7.04. The molecule has 0 atom stereocenters. The van der Waals surface area contributed by atoms with E-state index >= 15 is 0 Å². The average molecular weight is 250 g/mol. The molecule has 0 aliphatic rings. The van der Waals surface area contributed by atoms with Crippen molar-refractivity contribution in [2.24, 2.45) is 0 Å². The second-order valence-corrected chi connectivity index (χ2v) is 2.25. The van der Waals surface area contributed by atoms with Crippen LogP contribution in [-0.2, 0) is 9.59 Å². The molecule has 0 aliphatic carbocycles. The molecular weight excluding hydrogens is 234 g/mol. The maximum Gasteiger partial charge on any atom is 0.328 e. The number of halogens is 1. The summed E-state index contributed by atoms with van der Waals surface area (Å²) < 4.78 is 0. The van der Waals surface area contributed by atoms with E-state index in [2.05, 4.69) is 18.5 Å². The number of hydrogen-bond acceptors (Lipinski definition) is 3. The van der Waals surface area contributed by atoms with E-state index in [1.54, 1.807) is 0 Å². The van der Waals surface area contributed by atoms with Crippen molar-refractivity contribution in [1.29, 1.82) is 0 Å². The molecular formula is C10H16ClNO4. The summed E-state index contributed by atoms with van der Waals surface area (Å²) in [5.41, 5.74) is 0. The zero-order valence-electron chi connectivity index (χ0n) is 8.76. The molecule has 0 aromatic heterocycles.